The first-order valence-electron chi connectivity index (χ1n) is 10.8. The Morgan fingerprint density at radius 2 is 1.58 bits per heavy atom. The van der Waals surface area contributed by atoms with Gasteiger partial charge in [0.1, 0.15) is 12.4 Å². The zero-order chi connectivity index (χ0) is 24.2. The zero-order valence-corrected chi connectivity index (χ0v) is 20.7. The maximum atomic E-state index is 13.0. The summed E-state index contributed by atoms with van der Waals surface area (Å²) in [5.41, 5.74) is 1.88. The lowest BCUT2D eigenvalue weighted by Crippen LogP contribution is -2.38. The molecular weight excluding hydrogens is 459 g/mol. The largest absolute Gasteiger partial charge is 0.329 e. The smallest absolute Gasteiger partial charge is 0.254 e. The van der Waals surface area contributed by atoms with E-state index in [1.807, 2.05) is 25.1 Å². The maximum absolute atomic E-state index is 13.0. The molecule has 0 aliphatic rings. The number of carbonyl (C=O) groups is 2. The average molecular weight is 487 g/mol. The second-order valence-electron chi connectivity index (χ2n) is 8.83. The molecule has 0 bridgehead atoms. The predicted octanol–water partition coefficient (Wildman–Crippen LogP) is 5.97. The van der Waals surface area contributed by atoms with Gasteiger partial charge in [0.25, 0.3) is 5.91 Å². The molecule has 0 aliphatic carbocycles. The van der Waals surface area contributed by atoms with Gasteiger partial charge >= 0.3 is 0 Å². The topological polar surface area (TPSA) is 67.2 Å². The molecule has 3 rings (SSSR count). The van der Waals surface area contributed by atoms with Gasteiger partial charge in [0.15, 0.2) is 0 Å². The Balaban J connectivity index is 1.84. The summed E-state index contributed by atoms with van der Waals surface area (Å²) in [7, 11) is 0. The van der Waals surface area contributed by atoms with E-state index in [0.29, 0.717) is 28.0 Å². The van der Waals surface area contributed by atoms with Crippen LogP contribution < -0.4 is 5.32 Å². The molecule has 1 N–H and O–H groups in total. The van der Waals surface area contributed by atoms with E-state index in [1.54, 1.807) is 41.1 Å². The summed E-state index contributed by atoms with van der Waals surface area (Å²) in [4.78, 5) is 27.5. The number of benzene rings is 2. The van der Waals surface area contributed by atoms with Gasteiger partial charge in [-0.25, -0.2) is 4.68 Å². The fourth-order valence-electron chi connectivity index (χ4n) is 3.27. The van der Waals surface area contributed by atoms with Crippen LogP contribution in [0.2, 0.25) is 10.0 Å². The Hall–Kier alpha value is -2.83. The fourth-order valence-corrected chi connectivity index (χ4v) is 3.52. The Morgan fingerprint density at radius 3 is 2.12 bits per heavy atom. The van der Waals surface area contributed by atoms with Gasteiger partial charge in [0.05, 0.1) is 11.4 Å². The van der Waals surface area contributed by atoms with Gasteiger partial charge in [-0.1, -0.05) is 50.9 Å². The van der Waals surface area contributed by atoms with Crippen LogP contribution in [-0.2, 0) is 10.2 Å². The molecule has 0 radical (unpaired) electrons. The minimum absolute atomic E-state index is 0.0774. The van der Waals surface area contributed by atoms with Crippen molar-refractivity contribution in [3.8, 4) is 5.69 Å². The van der Waals surface area contributed by atoms with E-state index in [0.717, 1.165) is 17.8 Å². The molecule has 0 saturated carbocycles. The highest BCUT2D eigenvalue weighted by Crippen LogP contribution is 2.27. The number of halogens is 2. The Kier molecular flexibility index (Phi) is 7.82. The number of hydrogen-bond donors (Lipinski definition) is 1. The number of aromatic nitrogens is 2. The van der Waals surface area contributed by atoms with Crippen LogP contribution in [0.3, 0.4) is 0 Å². The fraction of sp³-hybridized carbons (Fsp3) is 0.320. The number of nitrogens with one attached hydrogen (secondary N) is 1. The van der Waals surface area contributed by atoms with Crippen LogP contribution >= 0.6 is 23.2 Å². The quantitative estimate of drug-likeness (QED) is 0.447. The second kappa shape index (κ2) is 10.4. The monoisotopic (exact) mass is 486 g/mol. The van der Waals surface area contributed by atoms with Crippen LogP contribution in [0.15, 0.2) is 54.6 Å². The molecule has 0 saturated heterocycles. The lowest BCUT2D eigenvalue weighted by atomic mass is 9.92. The molecular formula is C25H28Cl2N4O2. The number of hydrogen-bond acceptors (Lipinski definition) is 3. The molecule has 174 valence electrons. The van der Waals surface area contributed by atoms with E-state index in [2.05, 4.69) is 26.1 Å². The molecule has 0 aliphatic heterocycles. The van der Waals surface area contributed by atoms with Gasteiger partial charge in [0.2, 0.25) is 5.91 Å². The Morgan fingerprint density at radius 1 is 1.00 bits per heavy atom. The molecule has 0 fully saturated rings. The van der Waals surface area contributed by atoms with Crippen molar-refractivity contribution in [1.82, 2.24) is 14.7 Å². The number of carbonyl (C=O) groups excluding carboxylic acids is 2. The highest BCUT2D eigenvalue weighted by molar-refractivity contribution is 6.30. The molecule has 2 aromatic carbocycles. The first-order valence-corrected chi connectivity index (χ1v) is 11.5. The van der Waals surface area contributed by atoms with E-state index in [-0.39, 0.29) is 23.8 Å². The van der Waals surface area contributed by atoms with Crippen molar-refractivity contribution < 1.29 is 9.59 Å². The van der Waals surface area contributed by atoms with Gasteiger partial charge in [-0.05, 0) is 55.0 Å². The molecule has 1 aromatic heterocycles. The van der Waals surface area contributed by atoms with E-state index in [4.69, 9.17) is 28.3 Å². The summed E-state index contributed by atoms with van der Waals surface area (Å²) < 4.78 is 1.68. The lowest BCUT2D eigenvalue weighted by molar-refractivity contribution is -0.116. The van der Waals surface area contributed by atoms with E-state index in [1.165, 1.54) is 4.90 Å². The third-order valence-corrected chi connectivity index (χ3v) is 5.53. The van der Waals surface area contributed by atoms with Crippen molar-refractivity contribution >= 4 is 40.8 Å². The van der Waals surface area contributed by atoms with Crippen LogP contribution in [0.5, 0.6) is 0 Å². The van der Waals surface area contributed by atoms with Crippen LogP contribution in [0.1, 0.15) is 50.2 Å². The van der Waals surface area contributed by atoms with E-state index in [9.17, 15) is 9.59 Å². The molecule has 0 atom stereocenters. The van der Waals surface area contributed by atoms with Crippen molar-refractivity contribution in [2.45, 2.75) is 39.5 Å². The summed E-state index contributed by atoms with van der Waals surface area (Å²) in [5.74, 6) is 0.00855. The number of rotatable bonds is 7. The summed E-state index contributed by atoms with van der Waals surface area (Å²) >= 11 is 12.0. The number of nitrogens with zero attached hydrogens (tertiary/aromatic N) is 3. The van der Waals surface area contributed by atoms with Crippen molar-refractivity contribution in [1.29, 1.82) is 0 Å². The minimum atomic E-state index is -0.304. The molecule has 0 spiro atoms. The molecule has 1 heterocycles. The van der Waals surface area contributed by atoms with Crippen molar-refractivity contribution in [2.75, 3.05) is 18.4 Å². The standard InChI is InChI=1S/C25H28Cl2N4O2/c1-5-14-30(24(33)17-6-8-18(26)9-7-17)16-23(32)28-22-15-21(25(2,3)4)29-31(22)20-12-10-19(27)11-13-20/h6-13,15H,5,14,16H2,1-4H3,(H,28,32). The van der Waals surface area contributed by atoms with E-state index >= 15 is 0 Å². The van der Waals surface area contributed by atoms with Crippen LogP contribution in [-0.4, -0.2) is 39.6 Å². The van der Waals surface area contributed by atoms with Crippen LogP contribution in [0, 0.1) is 0 Å². The molecule has 2 amide bonds. The Bertz CT molecular complexity index is 1120. The van der Waals surface area contributed by atoms with E-state index < -0.39 is 0 Å². The molecule has 8 heteroatoms. The second-order valence-corrected chi connectivity index (χ2v) is 9.71. The Labute approximate surface area is 204 Å². The molecule has 33 heavy (non-hydrogen) atoms. The predicted molar refractivity (Wildman–Crippen MR) is 134 cm³/mol. The van der Waals surface area contributed by atoms with Gasteiger partial charge in [-0.2, -0.15) is 5.10 Å². The molecule has 0 unspecified atom stereocenters. The van der Waals surface area contributed by atoms with Crippen molar-refractivity contribution in [2.24, 2.45) is 0 Å². The van der Waals surface area contributed by atoms with Crippen molar-refractivity contribution in [3.63, 3.8) is 0 Å². The van der Waals surface area contributed by atoms with Crippen LogP contribution in [0.25, 0.3) is 5.69 Å². The van der Waals surface area contributed by atoms with Gasteiger partial charge in [-0.15, -0.1) is 0 Å². The summed E-state index contributed by atoms with van der Waals surface area (Å²) in [6.45, 7) is 8.51. The zero-order valence-electron chi connectivity index (χ0n) is 19.2. The van der Waals surface area contributed by atoms with Crippen LogP contribution in [0.4, 0.5) is 5.82 Å². The molecule has 3 aromatic rings. The highest BCUT2D eigenvalue weighted by atomic mass is 35.5. The molecule has 6 nitrogen and oxygen atoms in total. The average Bonchev–Trinajstić information content (AvgIpc) is 3.18. The highest BCUT2D eigenvalue weighted by Gasteiger charge is 2.23. The van der Waals surface area contributed by atoms with Gasteiger partial charge in [0, 0.05) is 33.6 Å². The summed E-state index contributed by atoms with van der Waals surface area (Å²) in [6, 6.07) is 15.7. The number of anilines is 1. The van der Waals surface area contributed by atoms with Gasteiger partial charge in [-0.3, -0.25) is 9.59 Å². The normalized spacial score (nSPS) is 11.3. The lowest BCUT2D eigenvalue weighted by Gasteiger charge is -2.22. The van der Waals surface area contributed by atoms with Crippen molar-refractivity contribution in [3.05, 3.63) is 75.9 Å². The number of amides is 2. The first-order chi connectivity index (χ1) is 15.6. The summed E-state index contributed by atoms with van der Waals surface area (Å²) in [6.07, 6.45) is 0.726. The van der Waals surface area contributed by atoms with Gasteiger partial charge < -0.3 is 10.2 Å². The third kappa shape index (κ3) is 6.36. The maximum Gasteiger partial charge on any atom is 0.254 e. The summed E-state index contributed by atoms with van der Waals surface area (Å²) in [5, 5.41) is 8.81. The minimum Gasteiger partial charge on any atom is -0.329 e. The third-order valence-electron chi connectivity index (χ3n) is 5.02. The first kappa shape index (κ1) is 24.8. The SMILES string of the molecule is CCCN(CC(=O)Nc1cc(C(C)(C)C)nn1-c1ccc(Cl)cc1)C(=O)c1ccc(Cl)cc1.